The third-order valence-corrected chi connectivity index (χ3v) is 6.67. The monoisotopic (exact) mass is 527 g/mol. The van der Waals surface area contributed by atoms with Gasteiger partial charge in [0.05, 0.1) is 22.9 Å². The second kappa shape index (κ2) is 13.1. The normalized spacial score (nSPS) is 12.6. The highest BCUT2D eigenvalue weighted by Crippen LogP contribution is 2.30. The lowest BCUT2D eigenvalue weighted by Crippen LogP contribution is -2.37. The number of carbonyl (C=O) groups is 1. The Balaban J connectivity index is 1.68. The quantitative estimate of drug-likeness (QED) is 0.113. The van der Waals surface area contributed by atoms with Crippen LogP contribution < -0.4 is 22.1 Å². The molecule has 0 aliphatic heterocycles. The lowest BCUT2D eigenvalue weighted by molar-refractivity contribution is -0.384. The Morgan fingerprint density at radius 1 is 1.22 bits per heavy atom. The molecule has 2 aromatic heterocycles. The molecule has 0 saturated carbocycles. The van der Waals surface area contributed by atoms with Crippen molar-refractivity contribution in [3.63, 3.8) is 0 Å². The number of nitro groups is 1. The summed E-state index contributed by atoms with van der Waals surface area (Å²) in [5, 5.41) is 17.0. The zero-order valence-electron chi connectivity index (χ0n) is 21.0. The zero-order valence-corrected chi connectivity index (χ0v) is 21.8. The van der Waals surface area contributed by atoms with Gasteiger partial charge >= 0.3 is 5.69 Å². The number of rotatable bonds is 13. The first-order valence-corrected chi connectivity index (χ1v) is 13.7. The van der Waals surface area contributed by atoms with Crippen LogP contribution in [0.4, 0.5) is 23.0 Å². The minimum atomic E-state index is -1.02. The Labute approximate surface area is 219 Å². The van der Waals surface area contributed by atoms with E-state index >= 15 is 0 Å². The SMILES string of the molecule is CCc1ccc(-c2cn(CCCNc3ccc([N+](=O)[O-])c(N)n3)cc2NC(=O)C(N)CC[S+](C)[O-])cc1. The summed E-state index contributed by atoms with van der Waals surface area (Å²) < 4.78 is 13.4. The molecule has 0 saturated heterocycles. The lowest BCUT2D eigenvalue weighted by Gasteiger charge is -2.13. The predicted octanol–water partition coefficient (Wildman–Crippen LogP) is 3.14. The fraction of sp³-hybridized carbons (Fsp3) is 0.360. The molecule has 3 aromatic rings. The molecule has 0 spiro atoms. The van der Waals surface area contributed by atoms with E-state index in [2.05, 4.69) is 34.7 Å². The highest BCUT2D eigenvalue weighted by atomic mass is 32.2. The molecule has 0 radical (unpaired) electrons. The maximum Gasteiger partial charge on any atom is 0.311 e. The molecule has 2 heterocycles. The number of nitrogens with one attached hydrogen (secondary N) is 2. The standard InChI is InChI=1S/C25H33N7O4S/c1-3-17-5-7-18(8-6-17)19-15-31(16-21(19)29-25(33)20(26)11-14-37(2)36)13-4-12-28-23-10-9-22(32(34)35)24(27)30-23/h5-10,15-16,20H,3-4,11-14,26H2,1-2H3,(H,29,33)(H3,27,28,30). The lowest BCUT2D eigenvalue weighted by atomic mass is 10.0. The molecule has 2 atom stereocenters. The topological polar surface area (TPSA) is 177 Å². The summed E-state index contributed by atoms with van der Waals surface area (Å²) in [7, 11) is 0. The van der Waals surface area contributed by atoms with Crippen LogP contribution in [0.15, 0.2) is 48.8 Å². The first-order chi connectivity index (χ1) is 17.7. The van der Waals surface area contributed by atoms with Crippen molar-refractivity contribution >= 4 is 40.1 Å². The number of hydrogen-bond donors (Lipinski definition) is 4. The van der Waals surface area contributed by atoms with E-state index in [1.54, 1.807) is 6.26 Å². The van der Waals surface area contributed by atoms with Crippen molar-refractivity contribution in [3.05, 3.63) is 64.5 Å². The van der Waals surface area contributed by atoms with Crippen LogP contribution in [0.25, 0.3) is 11.1 Å². The molecule has 1 amide bonds. The number of aromatic nitrogens is 2. The molecule has 3 rings (SSSR count). The average Bonchev–Trinajstić information content (AvgIpc) is 3.27. The van der Waals surface area contributed by atoms with Gasteiger partial charge in [-0.05, 0) is 30.0 Å². The Bertz CT molecular complexity index is 1210. The number of hydrogen-bond acceptors (Lipinski definition) is 8. The van der Waals surface area contributed by atoms with Gasteiger partial charge in [-0.25, -0.2) is 4.98 Å². The van der Waals surface area contributed by atoms with Crippen molar-refractivity contribution in [2.45, 2.75) is 38.8 Å². The third kappa shape index (κ3) is 7.94. The first-order valence-electron chi connectivity index (χ1n) is 12.0. The van der Waals surface area contributed by atoms with Crippen molar-refractivity contribution in [1.82, 2.24) is 9.55 Å². The van der Waals surface area contributed by atoms with Crippen LogP contribution in [-0.4, -0.2) is 49.5 Å². The smallest absolute Gasteiger partial charge is 0.311 e. The van der Waals surface area contributed by atoms with E-state index in [9.17, 15) is 19.5 Å². The zero-order chi connectivity index (χ0) is 26.9. The van der Waals surface area contributed by atoms with Crippen molar-refractivity contribution < 1.29 is 14.3 Å². The van der Waals surface area contributed by atoms with E-state index in [1.807, 2.05) is 29.1 Å². The van der Waals surface area contributed by atoms with Crippen molar-refractivity contribution in [1.29, 1.82) is 0 Å². The number of nitrogens with zero attached hydrogens (tertiary/aromatic N) is 3. The second-order valence-electron chi connectivity index (χ2n) is 8.67. The number of anilines is 3. The molecular weight excluding hydrogens is 494 g/mol. The summed E-state index contributed by atoms with van der Waals surface area (Å²) in [4.78, 5) is 27.1. The summed E-state index contributed by atoms with van der Waals surface area (Å²) in [6, 6.07) is 10.3. The largest absolute Gasteiger partial charge is 0.617 e. The van der Waals surface area contributed by atoms with Gasteiger partial charge in [-0.2, -0.15) is 0 Å². The van der Waals surface area contributed by atoms with Crippen molar-refractivity contribution in [2.24, 2.45) is 5.73 Å². The Kier molecular flexibility index (Phi) is 9.89. The average molecular weight is 528 g/mol. The van der Waals surface area contributed by atoms with Gasteiger partial charge in [0.25, 0.3) is 0 Å². The predicted molar refractivity (Wildman–Crippen MR) is 148 cm³/mol. The molecule has 11 nitrogen and oxygen atoms in total. The van der Waals surface area contributed by atoms with Crippen LogP contribution in [-0.2, 0) is 28.9 Å². The van der Waals surface area contributed by atoms with Crippen LogP contribution in [0.5, 0.6) is 0 Å². The number of nitrogens with two attached hydrogens (primary N) is 2. The minimum Gasteiger partial charge on any atom is -0.617 e. The molecule has 0 aliphatic carbocycles. The Hall–Kier alpha value is -3.61. The summed E-state index contributed by atoms with van der Waals surface area (Å²) in [6.07, 6.45) is 7.42. The number of amides is 1. The van der Waals surface area contributed by atoms with Crippen LogP contribution in [0.2, 0.25) is 0 Å². The molecule has 198 valence electrons. The molecule has 37 heavy (non-hydrogen) atoms. The molecule has 0 aliphatic rings. The van der Waals surface area contributed by atoms with Crippen LogP contribution in [0.1, 0.15) is 25.3 Å². The van der Waals surface area contributed by atoms with Crippen molar-refractivity contribution in [2.75, 3.05) is 34.9 Å². The van der Waals surface area contributed by atoms with Gasteiger partial charge in [0, 0.05) is 43.5 Å². The molecule has 0 fully saturated rings. The highest BCUT2D eigenvalue weighted by molar-refractivity contribution is 7.90. The molecule has 1 aromatic carbocycles. The molecule has 6 N–H and O–H groups in total. The van der Waals surface area contributed by atoms with E-state index in [-0.39, 0.29) is 17.4 Å². The molecule has 0 bridgehead atoms. The van der Waals surface area contributed by atoms with Crippen LogP contribution >= 0.6 is 0 Å². The van der Waals surface area contributed by atoms with Crippen LogP contribution in [0.3, 0.4) is 0 Å². The summed E-state index contributed by atoms with van der Waals surface area (Å²) in [5.41, 5.74) is 15.2. The molecule has 12 heteroatoms. The van der Waals surface area contributed by atoms with E-state index in [1.165, 1.54) is 17.7 Å². The van der Waals surface area contributed by atoms with Gasteiger partial charge in [0.1, 0.15) is 11.6 Å². The second-order valence-corrected chi connectivity index (χ2v) is 10.2. The Morgan fingerprint density at radius 2 is 1.95 bits per heavy atom. The van der Waals surface area contributed by atoms with Gasteiger partial charge in [-0.15, -0.1) is 0 Å². The fourth-order valence-corrected chi connectivity index (χ4v) is 4.32. The number of pyridine rings is 1. The van der Waals surface area contributed by atoms with E-state index in [0.717, 1.165) is 24.0 Å². The summed E-state index contributed by atoms with van der Waals surface area (Å²) in [6.45, 7) is 3.30. The summed E-state index contributed by atoms with van der Waals surface area (Å²) >= 11 is -1.02. The van der Waals surface area contributed by atoms with Gasteiger partial charge in [-0.1, -0.05) is 42.4 Å². The number of benzene rings is 1. The van der Waals surface area contributed by atoms with Gasteiger partial charge < -0.3 is 31.2 Å². The maximum absolute atomic E-state index is 12.7. The van der Waals surface area contributed by atoms with E-state index in [0.29, 0.717) is 36.8 Å². The minimum absolute atomic E-state index is 0.136. The first kappa shape index (κ1) is 28.0. The summed E-state index contributed by atoms with van der Waals surface area (Å²) in [5.74, 6) is 0.367. The molecular formula is C25H33N7O4S. The number of carbonyl (C=O) groups excluding carboxylic acids is 1. The fourth-order valence-electron chi connectivity index (χ4n) is 3.73. The number of nitrogen functional groups attached to an aromatic ring is 1. The maximum atomic E-state index is 12.7. The van der Waals surface area contributed by atoms with E-state index in [4.69, 9.17) is 11.5 Å². The third-order valence-electron chi connectivity index (χ3n) is 5.86. The van der Waals surface area contributed by atoms with Gasteiger partial charge in [0.2, 0.25) is 11.7 Å². The Morgan fingerprint density at radius 3 is 2.57 bits per heavy atom. The highest BCUT2D eigenvalue weighted by Gasteiger charge is 2.19. The molecule has 2 unspecified atom stereocenters. The van der Waals surface area contributed by atoms with Gasteiger partial charge in [-0.3, -0.25) is 14.9 Å². The van der Waals surface area contributed by atoms with Crippen molar-refractivity contribution in [3.8, 4) is 11.1 Å². The number of aryl methyl sites for hydroxylation is 2. The van der Waals surface area contributed by atoms with E-state index < -0.39 is 22.1 Å². The van der Waals surface area contributed by atoms with Crippen LogP contribution in [0, 0.1) is 10.1 Å². The van der Waals surface area contributed by atoms with Gasteiger partial charge in [0.15, 0.2) is 0 Å².